The van der Waals surface area contributed by atoms with Gasteiger partial charge in [0.05, 0.1) is 6.20 Å². The molecule has 0 unspecified atom stereocenters. The number of hydrogen-bond donors (Lipinski definition) is 1. The Balaban J connectivity index is 2.02. The first kappa shape index (κ1) is 10.5. The number of H-pyrrole nitrogens is 1. The van der Waals surface area contributed by atoms with Gasteiger partial charge in [0.15, 0.2) is 0 Å². The lowest BCUT2D eigenvalue weighted by atomic mass is 10.1. The minimum absolute atomic E-state index is 0.107. The van der Waals surface area contributed by atoms with Gasteiger partial charge in [-0.05, 0) is 36.6 Å². The van der Waals surface area contributed by atoms with Crippen molar-refractivity contribution in [2.75, 3.05) is 0 Å². The zero-order valence-electron chi connectivity index (χ0n) is 8.61. The van der Waals surface area contributed by atoms with Gasteiger partial charge in [-0.3, -0.25) is 9.78 Å². The molecule has 4 heteroatoms. The summed E-state index contributed by atoms with van der Waals surface area (Å²) in [5.74, 6) is -0.333. The molecule has 0 saturated heterocycles. The topological polar surface area (TPSA) is 45.8 Å². The van der Waals surface area contributed by atoms with Gasteiger partial charge < -0.3 is 4.98 Å². The van der Waals surface area contributed by atoms with Gasteiger partial charge in [0, 0.05) is 18.0 Å². The molecule has 0 spiro atoms. The predicted octanol–water partition coefficient (Wildman–Crippen LogP) is 1.69. The van der Waals surface area contributed by atoms with Gasteiger partial charge in [-0.25, -0.2) is 4.39 Å². The first-order valence-corrected chi connectivity index (χ1v) is 5.02. The second-order valence-corrected chi connectivity index (χ2v) is 3.53. The Labute approximate surface area is 92.0 Å². The number of aromatic amines is 1. The number of aromatic nitrogens is 2. The molecule has 0 fully saturated rings. The first-order valence-electron chi connectivity index (χ1n) is 5.02. The molecule has 2 aromatic rings. The van der Waals surface area contributed by atoms with Crippen LogP contribution >= 0.6 is 0 Å². The Hall–Kier alpha value is -1.97. The van der Waals surface area contributed by atoms with Gasteiger partial charge >= 0.3 is 0 Å². The van der Waals surface area contributed by atoms with Crippen molar-refractivity contribution in [3.05, 3.63) is 64.1 Å². The van der Waals surface area contributed by atoms with Crippen LogP contribution in [0.2, 0.25) is 0 Å². The zero-order chi connectivity index (χ0) is 11.4. The van der Waals surface area contributed by atoms with Crippen LogP contribution in [0, 0.1) is 5.82 Å². The van der Waals surface area contributed by atoms with E-state index in [0.29, 0.717) is 6.42 Å². The fraction of sp³-hybridized carbons (Fsp3) is 0.167. The average Bonchev–Trinajstić information content (AvgIpc) is 2.28. The Bertz CT molecular complexity index is 519. The molecule has 0 aliphatic rings. The van der Waals surface area contributed by atoms with E-state index in [2.05, 4.69) is 9.97 Å². The normalized spacial score (nSPS) is 10.3. The van der Waals surface area contributed by atoms with E-state index in [1.54, 1.807) is 18.3 Å². The van der Waals surface area contributed by atoms with E-state index in [0.717, 1.165) is 17.7 Å². The van der Waals surface area contributed by atoms with Gasteiger partial charge in [-0.1, -0.05) is 0 Å². The minimum Gasteiger partial charge on any atom is -0.329 e. The van der Waals surface area contributed by atoms with Gasteiger partial charge in [-0.15, -0.1) is 0 Å². The number of rotatable bonds is 3. The Morgan fingerprint density at radius 3 is 2.81 bits per heavy atom. The molecule has 1 N–H and O–H groups in total. The Morgan fingerprint density at radius 2 is 2.12 bits per heavy atom. The van der Waals surface area contributed by atoms with Gasteiger partial charge in [0.1, 0.15) is 5.82 Å². The summed E-state index contributed by atoms with van der Waals surface area (Å²) in [5, 5.41) is 0. The summed E-state index contributed by atoms with van der Waals surface area (Å²) in [6, 6.07) is 6.46. The number of halogens is 1. The van der Waals surface area contributed by atoms with Crippen LogP contribution in [0.25, 0.3) is 0 Å². The van der Waals surface area contributed by atoms with Gasteiger partial charge in [0.25, 0.3) is 0 Å². The Kier molecular flexibility index (Phi) is 3.10. The van der Waals surface area contributed by atoms with E-state index in [1.165, 1.54) is 12.3 Å². The number of aryl methyl sites for hydroxylation is 2. The molecule has 16 heavy (non-hydrogen) atoms. The molecular formula is C12H11FN2O. The summed E-state index contributed by atoms with van der Waals surface area (Å²) >= 11 is 0. The van der Waals surface area contributed by atoms with Crippen LogP contribution in [-0.4, -0.2) is 9.97 Å². The summed E-state index contributed by atoms with van der Waals surface area (Å²) in [5.41, 5.74) is 1.67. The highest BCUT2D eigenvalue weighted by molar-refractivity contribution is 5.13. The van der Waals surface area contributed by atoms with Crippen molar-refractivity contribution in [1.82, 2.24) is 9.97 Å². The van der Waals surface area contributed by atoms with E-state index < -0.39 is 0 Å². The van der Waals surface area contributed by atoms with E-state index >= 15 is 0 Å². The lowest BCUT2D eigenvalue weighted by Crippen LogP contribution is -2.05. The van der Waals surface area contributed by atoms with Crippen molar-refractivity contribution >= 4 is 0 Å². The summed E-state index contributed by atoms with van der Waals surface area (Å²) in [4.78, 5) is 17.5. The number of nitrogens with zero attached hydrogens (tertiary/aromatic N) is 1. The molecular weight excluding hydrogens is 207 g/mol. The van der Waals surface area contributed by atoms with E-state index in [4.69, 9.17) is 0 Å². The van der Waals surface area contributed by atoms with Crippen molar-refractivity contribution in [1.29, 1.82) is 0 Å². The molecule has 2 heterocycles. The third-order valence-corrected chi connectivity index (χ3v) is 2.30. The van der Waals surface area contributed by atoms with Crippen molar-refractivity contribution < 1.29 is 4.39 Å². The first-order chi connectivity index (χ1) is 7.74. The lowest BCUT2D eigenvalue weighted by Gasteiger charge is -2.00. The molecule has 0 aliphatic heterocycles. The molecule has 2 rings (SSSR count). The summed E-state index contributed by atoms with van der Waals surface area (Å²) in [6.07, 6.45) is 4.25. The molecule has 82 valence electrons. The second-order valence-electron chi connectivity index (χ2n) is 3.53. The molecule has 0 saturated carbocycles. The highest BCUT2D eigenvalue weighted by atomic mass is 19.1. The standard InChI is InChI=1S/C12H11FN2O/c13-10-2-4-11(15-8-10)3-1-9-5-6-14-12(16)7-9/h2,4-8H,1,3H2,(H,14,16). The maximum absolute atomic E-state index is 12.6. The van der Waals surface area contributed by atoms with Crippen molar-refractivity contribution in [3.63, 3.8) is 0 Å². The van der Waals surface area contributed by atoms with Crippen LogP contribution in [0.3, 0.4) is 0 Å². The third kappa shape index (κ3) is 2.76. The number of nitrogens with one attached hydrogen (secondary N) is 1. The third-order valence-electron chi connectivity index (χ3n) is 2.30. The van der Waals surface area contributed by atoms with Crippen LogP contribution in [0.15, 0.2) is 41.5 Å². The molecule has 0 bridgehead atoms. The molecule has 0 radical (unpaired) electrons. The van der Waals surface area contributed by atoms with Gasteiger partial charge in [0.2, 0.25) is 5.56 Å². The summed E-state index contributed by atoms with van der Waals surface area (Å²) in [6.45, 7) is 0. The zero-order valence-corrected chi connectivity index (χ0v) is 8.61. The van der Waals surface area contributed by atoms with E-state index in [9.17, 15) is 9.18 Å². The van der Waals surface area contributed by atoms with Crippen molar-refractivity contribution in [2.24, 2.45) is 0 Å². The number of hydrogen-bond acceptors (Lipinski definition) is 2. The molecule has 3 nitrogen and oxygen atoms in total. The maximum Gasteiger partial charge on any atom is 0.248 e. The monoisotopic (exact) mass is 218 g/mol. The SMILES string of the molecule is O=c1cc(CCc2ccc(F)cn2)cc[nH]1. The minimum atomic E-state index is -0.333. The van der Waals surface area contributed by atoms with E-state index in [1.807, 2.05) is 6.07 Å². The highest BCUT2D eigenvalue weighted by Crippen LogP contribution is 2.03. The van der Waals surface area contributed by atoms with Crippen molar-refractivity contribution in [2.45, 2.75) is 12.8 Å². The van der Waals surface area contributed by atoms with E-state index in [-0.39, 0.29) is 11.4 Å². The average molecular weight is 218 g/mol. The molecule has 0 aromatic carbocycles. The summed E-state index contributed by atoms with van der Waals surface area (Å²) < 4.78 is 12.6. The quantitative estimate of drug-likeness (QED) is 0.852. The fourth-order valence-corrected chi connectivity index (χ4v) is 1.47. The largest absolute Gasteiger partial charge is 0.329 e. The molecule has 0 amide bonds. The highest BCUT2D eigenvalue weighted by Gasteiger charge is 1.98. The smallest absolute Gasteiger partial charge is 0.248 e. The molecule has 2 aromatic heterocycles. The maximum atomic E-state index is 12.6. The number of pyridine rings is 2. The van der Waals surface area contributed by atoms with Crippen LogP contribution in [0.5, 0.6) is 0 Å². The fourth-order valence-electron chi connectivity index (χ4n) is 1.47. The molecule has 0 atom stereocenters. The van der Waals surface area contributed by atoms with Crippen LogP contribution < -0.4 is 5.56 Å². The lowest BCUT2D eigenvalue weighted by molar-refractivity contribution is 0.619. The van der Waals surface area contributed by atoms with Crippen LogP contribution in [0.1, 0.15) is 11.3 Å². The van der Waals surface area contributed by atoms with Crippen LogP contribution in [-0.2, 0) is 12.8 Å². The second kappa shape index (κ2) is 4.70. The van der Waals surface area contributed by atoms with Crippen molar-refractivity contribution in [3.8, 4) is 0 Å². The van der Waals surface area contributed by atoms with Crippen LogP contribution in [0.4, 0.5) is 4.39 Å². The summed E-state index contributed by atoms with van der Waals surface area (Å²) in [7, 11) is 0. The predicted molar refractivity (Wildman–Crippen MR) is 58.7 cm³/mol. The Morgan fingerprint density at radius 1 is 1.25 bits per heavy atom. The molecule has 0 aliphatic carbocycles. The van der Waals surface area contributed by atoms with Gasteiger partial charge in [-0.2, -0.15) is 0 Å².